The van der Waals surface area contributed by atoms with E-state index in [4.69, 9.17) is 4.74 Å². The molecule has 3 aromatic rings. The van der Waals surface area contributed by atoms with Crippen LogP contribution in [-0.4, -0.2) is 18.1 Å². The van der Waals surface area contributed by atoms with Crippen LogP contribution in [0.2, 0.25) is 0 Å². The van der Waals surface area contributed by atoms with E-state index in [1.807, 2.05) is 30.3 Å². The zero-order valence-corrected chi connectivity index (χ0v) is 15.0. The smallest absolute Gasteiger partial charge is 0.203 e. The number of ether oxygens (including phenoxy) is 1. The first-order chi connectivity index (χ1) is 13.7. The number of benzene rings is 3. The van der Waals surface area contributed by atoms with Gasteiger partial charge in [0.2, 0.25) is 17.4 Å². The topological polar surface area (TPSA) is 55.4 Å². The van der Waals surface area contributed by atoms with Gasteiger partial charge in [-0.3, -0.25) is 9.59 Å². The highest BCUT2D eigenvalue weighted by atomic mass is 16.5. The van der Waals surface area contributed by atoms with Crippen molar-refractivity contribution in [3.63, 3.8) is 0 Å². The maximum Gasteiger partial charge on any atom is 0.203 e. The molecular formula is C24H17NO3. The van der Waals surface area contributed by atoms with Crippen molar-refractivity contribution in [2.24, 2.45) is 0 Å². The molecule has 1 saturated heterocycles. The third-order valence-electron chi connectivity index (χ3n) is 5.20. The first kappa shape index (κ1) is 16.5. The second-order valence-corrected chi connectivity index (χ2v) is 6.88. The van der Waals surface area contributed by atoms with Gasteiger partial charge in [0.05, 0.1) is 6.54 Å². The lowest BCUT2D eigenvalue weighted by molar-refractivity contribution is 0.0965. The Kier molecular flexibility index (Phi) is 3.83. The van der Waals surface area contributed by atoms with Gasteiger partial charge in [0, 0.05) is 11.1 Å². The highest BCUT2D eigenvalue weighted by molar-refractivity contribution is 6.39. The molecule has 1 fully saturated rings. The third-order valence-corrected chi connectivity index (χ3v) is 5.20. The average Bonchev–Trinajstić information content (AvgIpc) is 3.33. The molecule has 1 aliphatic heterocycles. The summed E-state index contributed by atoms with van der Waals surface area (Å²) in [5.74, 6) is -0.269. The fraction of sp³-hybridized carbons (Fsp3) is 0.0833. The van der Waals surface area contributed by atoms with E-state index < -0.39 is 0 Å². The molecule has 1 heterocycles. The van der Waals surface area contributed by atoms with Crippen molar-refractivity contribution >= 4 is 11.6 Å². The van der Waals surface area contributed by atoms with Crippen LogP contribution in [-0.2, 0) is 4.74 Å². The summed E-state index contributed by atoms with van der Waals surface area (Å²) in [4.78, 5) is 25.3. The molecule has 1 atom stereocenters. The molecule has 4 nitrogen and oxygen atoms in total. The minimum absolute atomic E-state index is 0.101. The summed E-state index contributed by atoms with van der Waals surface area (Å²) in [6.45, 7) is 0.514. The molecule has 0 amide bonds. The lowest BCUT2D eigenvalue weighted by atomic mass is 10.0. The number of ketones is 2. The van der Waals surface area contributed by atoms with Crippen molar-refractivity contribution in [1.82, 2.24) is 5.32 Å². The number of fused-ring (bicyclic) bond motifs is 1. The molecule has 1 aliphatic carbocycles. The highest BCUT2D eigenvalue weighted by Crippen LogP contribution is 2.33. The van der Waals surface area contributed by atoms with Gasteiger partial charge in [0.25, 0.3) is 0 Å². The molecule has 1 unspecified atom stereocenters. The van der Waals surface area contributed by atoms with Crippen LogP contribution in [0.1, 0.15) is 32.4 Å². The fourth-order valence-electron chi connectivity index (χ4n) is 3.72. The third kappa shape index (κ3) is 2.62. The standard InChI is InChI=1S/C24H17NO3/c26-22-18-8-4-5-9-19(18)23(27)21(22)24-25-14-20(28-24)17-12-10-16(11-13-17)15-6-2-1-3-7-15/h1-13,20,25H,14H2. The summed E-state index contributed by atoms with van der Waals surface area (Å²) in [5, 5.41) is 3.10. The Bertz CT molecular complexity index is 1080. The summed E-state index contributed by atoms with van der Waals surface area (Å²) in [6, 6.07) is 25.2. The van der Waals surface area contributed by atoms with Gasteiger partial charge in [0.15, 0.2) is 0 Å². The van der Waals surface area contributed by atoms with E-state index in [-0.39, 0.29) is 29.1 Å². The summed E-state index contributed by atoms with van der Waals surface area (Å²) >= 11 is 0. The van der Waals surface area contributed by atoms with Crippen molar-refractivity contribution in [3.05, 3.63) is 107 Å². The van der Waals surface area contributed by atoms with Crippen LogP contribution in [0.25, 0.3) is 11.1 Å². The van der Waals surface area contributed by atoms with E-state index in [9.17, 15) is 9.59 Å². The molecular weight excluding hydrogens is 350 g/mol. The molecule has 4 heteroatoms. The van der Waals surface area contributed by atoms with Gasteiger partial charge in [-0.1, -0.05) is 78.9 Å². The Balaban J connectivity index is 1.40. The summed E-state index contributed by atoms with van der Waals surface area (Å²) in [7, 11) is 0. The Labute approximate surface area is 162 Å². The molecule has 28 heavy (non-hydrogen) atoms. The Morgan fingerprint density at radius 3 is 1.93 bits per heavy atom. The predicted molar refractivity (Wildman–Crippen MR) is 106 cm³/mol. The summed E-state index contributed by atoms with van der Waals surface area (Å²) in [5.41, 5.74) is 4.27. The van der Waals surface area contributed by atoms with Gasteiger partial charge in [-0.05, 0) is 16.7 Å². The van der Waals surface area contributed by atoms with Crippen LogP contribution in [0.4, 0.5) is 0 Å². The molecule has 3 aromatic carbocycles. The van der Waals surface area contributed by atoms with Crippen LogP contribution < -0.4 is 5.32 Å². The van der Waals surface area contributed by atoms with Crippen molar-refractivity contribution in [2.75, 3.05) is 6.54 Å². The summed E-state index contributed by atoms with van der Waals surface area (Å²) in [6.07, 6.45) is -0.239. The van der Waals surface area contributed by atoms with Crippen LogP contribution in [0, 0.1) is 0 Å². The van der Waals surface area contributed by atoms with Gasteiger partial charge in [-0.15, -0.1) is 0 Å². The molecule has 136 valence electrons. The number of hydrogen-bond donors (Lipinski definition) is 1. The van der Waals surface area contributed by atoms with Crippen LogP contribution in [0.5, 0.6) is 0 Å². The number of rotatable bonds is 2. The molecule has 0 aromatic heterocycles. The minimum atomic E-state index is -0.275. The van der Waals surface area contributed by atoms with Crippen molar-refractivity contribution in [2.45, 2.75) is 6.10 Å². The average molecular weight is 367 g/mol. The number of allylic oxidation sites excluding steroid dienone is 1. The van der Waals surface area contributed by atoms with Crippen molar-refractivity contribution in [3.8, 4) is 11.1 Å². The van der Waals surface area contributed by atoms with E-state index in [0.29, 0.717) is 17.7 Å². The molecule has 5 rings (SSSR count). The van der Waals surface area contributed by atoms with Crippen molar-refractivity contribution < 1.29 is 14.3 Å². The van der Waals surface area contributed by atoms with Gasteiger partial charge in [-0.2, -0.15) is 0 Å². The second-order valence-electron chi connectivity index (χ2n) is 6.88. The molecule has 0 saturated carbocycles. The van der Waals surface area contributed by atoms with Crippen LogP contribution in [0.15, 0.2) is 90.3 Å². The van der Waals surface area contributed by atoms with Crippen molar-refractivity contribution in [1.29, 1.82) is 0 Å². The van der Waals surface area contributed by atoms with E-state index in [2.05, 4.69) is 29.6 Å². The summed E-state index contributed by atoms with van der Waals surface area (Å²) < 4.78 is 5.98. The zero-order chi connectivity index (χ0) is 19.1. The minimum Gasteiger partial charge on any atom is -0.468 e. The van der Waals surface area contributed by atoms with Gasteiger partial charge in [-0.25, -0.2) is 0 Å². The number of nitrogens with one attached hydrogen (secondary N) is 1. The van der Waals surface area contributed by atoms with Gasteiger partial charge >= 0.3 is 0 Å². The zero-order valence-electron chi connectivity index (χ0n) is 15.0. The predicted octanol–water partition coefficient (Wildman–Crippen LogP) is 4.31. The first-order valence-electron chi connectivity index (χ1n) is 9.21. The number of Topliss-reactive ketones (excluding diaryl/α,β-unsaturated/α-hetero) is 2. The second kappa shape index (κ2) is 6.50. The Hall–Kier alpha value is -3.66. The monoisotopic (exact) mass is 367 g/mol. The van der Waals surface area contributed by atoms with E-state index >= 15 is 0 Å². The van der Waals surface area contributed by atoms with Gasteiger partial charge in [0.1, 0.15) is 11.7 Å². The molecule has 0 radical (unpaired) electrons. The highest BCUT2D eigenvalue weighted by Gasteiger charge is 2.38. The fourth-order valence-corrected chi connectivity index (χ4v) is 3.72. The molecule has 2 aliphatic rings. The molecule has 0 bridgehead atoms. The maximum atomic E-state index is 12.6. The Morgan fingerprint density at radius 2 is 1.29 bits per heavy atom. The quantitative estimate of drug-likeness (QED) is 0.542. The number of carbonyl (C=O) groups is 2. The van der Waals surface area contributed by atoms with Crippen LogP contribution in [0.3, 0.4) is 0 Å². The van der Waals surface area contributed by atoms with E-state index in [1.165, 1.54) is 0 Å². The Morgan fingerprint density at radius 1 is 0.714 bits per heavy atom. The largest absolute Gasteiger partial charge is 0.468 e. The van der Waals surface area contributed by atoms with Gasteiger partial charge < -0.3 is 10.1 Å². The first-order valence-corrected chi connectivity index (χ1v) is 9.21. The SMILES string of the molecule is O=C1C(=C2NCC(c3ccc(-c4ccccc4)cc3)O2)C(=O)c2ccccc21. The van der Waals surface area contributed by atoms with Crippen LogP contribution >= 0.6 is 0 Å². The molecule has 0 spiro atoms. The normalized spacial score (nSPS) is 18.1. The number of carbonyl (C=O) groups excluding carboxylic acids is 2. The number of hydrogen-bond acceptors (Lipinski definition) is 4. The van der Waals surface area contributed by atoms with E-state index in [0.717, 1.165) is 16.7 Å². The molecule has 1 N–H and O–H groups in total. The lowest BCUT2D eigenvalue weighted by Crippen LogP contribution is -2.14. The van der Waals surface area contributed by atoms with E-state index in [1.54, 1.807) is 24.3 Å². The lowest BCUT2D eigenvalue weighted by Gasteiger charge is -2.11. The maximum absolute atomic E-state index is 12.6.